The van der Waals surface area contributed by atoms with Crippen molar-refractivity contribution < 1.29 is 13.2 Å². The number of nitrogens with zero attached hydrogens (tertiary/aromatic N) is 4. The van der Waals surface area contributed by atoms with Gasteiger partial charge in [0.1, 0.15) is 6.54 Å². The number of fused-ring (bicyclic) bond motifs is 1. The number of piperazine rings is 1. The summed E-state index contributed by atoms with van der Waals surface area (Å²) in [6.07, 6.45) is 0. The summed E-state index contributed by atoms with van der Waals surface area (Å²) in [5, 5.41) is 0. The summed E-state index contributed by atoms with van der Waals surface area (Å²) in [6, 6.07) is 6.66. The molecular weight excluding hydrogens is 356 g/mol. The molecule has 3 rings (SSSR count). The van der Waals surface area contributed by atoms with Crippen LogP contribution in [0.3, 0.4) is 0 Å². The first-order chi connectivity index (χ1) is 12.4. The standard InChI is InChI=1S/C17H24N4O4S/c1-3-18-9-11-19(12-10-18)16(22)13-20-14-7-5-6-8-15(14)21(17(20)23)26(24,25)4-2/h5-8H,3-4,9-13H2,1-2H3. The number of para-hydroxylation sites is 2. The Bertz CT molecular complexity index is 968. The lowest BCUT2D eigenvalue weighted by molar-refractivity contribution is -0.133. The summed E-state index contributed by atoms with van der Waals surface area (Å²) in [5.74, 6) is -0.354. The van der Waals surface area contributed by atoms with Gasteiger partial charge < -0.3 is 9.80 Å². The van der Waals surface area contributed by atoms with Gasteiger partial charge in [-0.25, -0.2) is 13.2 Å². The van der Waals surface area contributed by atoms with Crippen molar-refractivity contribution in [3.63, 3.8) is 0 Å². The molecule has 8 nitrogen and oxygen atoms in total. The van der Waals surface area contributed by atoms with Gasteiger partial charge >= 0.3 is 5.69 Å². The van der Waals surface area contributed by atoms with Crippen molar-refractivity contribution in [1.82, 2.24) is 18.3 Å². The van der Waals surface area contributed by atoms with Gasteiger partial charge in [-0.1, -0.05) is 19.1 Å². The average molecular weight is 380 g/mol. The summed E-state index contributed by atoms with van der Waals surface area (Å²) in [7, 11) is -3.75. The zero-order valence-electron chi connectivity index (χ0n) is 15.1. The number of amides is 1. The van der Waals surface area contributed by atoms with E-state index >= 15 is 0 Å². The van der Waals surface area contributed by atoms with E-state index in [1.165, 1.54) is 11.5 Å². The fourth-order valence-electron chi connectivity index (χ4n) is 3.28. The minimum atomic E-state index is -3.75. The molecule has 1 fully saturated rings. The van der Waals surface area contributed by atoms with Crippen LogP contribution in [0.15, 0.2) is 29.1 Å². The topological polar surface area (TPSA) is 84.6 Å². The van der Waals surface area contributed by atoms with Gasteiger partial charge in [0.25, 0.3) is 0 Å². The van der Waals surface area contributed by atoms with Gasteiger partial charge in [-0.05, 0) is 25.6 Å². The van der Waals surface area contributed by atoms with Crippen LogP contribution in [0, 0.1) is 0 Å². The van der Waals surface area contributed by atoms with Crippen LogP contribution < -0.4 is 5.69 Å². The van der Waals surface area contributed by atoms with Crippen LogP contribution in [0.2, 0.25) is 0 Å². The van der Waals surface area contributed by atoms with E-state index in [1.807, 2.05) is 0 Å². The van der Waals surface area contributed by atoms with Crippen LogP contribution in [-0.4, -0.2) is 71.1 Å². The molecule has 1 amide bonds. The Morgan fingerprint density at radius 1 is 1.04 bits per heavy atom. The molecule has 1 aromatic heterocycles. The van der Waals surface area contributed by atoms with Crippen LogP contribution in [-0.2, 0) is 21.4 Å². The SMILES string of the molecule is CCN1CCN(C(=O)Cn2c(=O)n(S(=O)(=O)CC)c3ccccc32)CC1. The zero-order chi connectivity index (χ0) is 18.9. The monoisotopic (exact) mass is 380 g/mol. The fraction of sp³-hybridized carbons (Fsp3) is 0.529. The molecule has 0 radical (unpaired) electrons. The van der Waals surface area contributed by atoms with Crippen LogP contribution in [0.4, 0.5) is 0 Å². The molecule has 1 aromatic carbocycles. The highest BCUT2D eigenvalue weighted by atomic mass is 32.2. The van der Waals surface area contributed by atoms with Gasteiger partial charge in [-0.15, -0.1) is 0 Å². The molecule has 26 heavy (non-hydrogen) atoms. The maximum Gasteiger partial charge on any atom is 0.343 e. The number of carbonyl (C=O) groups excluding carboxylic acids is 1. The molecular formula is C17H24N4O4S. The van der Waals surface area contributed by atoms with Crippen LogP contribution in [0.5, 0.6) is 0 Å². The first-order valence-electron chi connectivity index (χ1n) is 8.82. The summed E-state index contributed by atoms with van der Waals surface area (Å²) in [5.41, 5.74) is 0.0756. The second-order valence-electron chi connectivity index (χ2n) is 6.34. The highest BCUT2D eigenvalue weighted by molar-refractivity contribution is 7.90. The van der Waals surface area contributed by atoms with Gasteiger partial charge in [0.2, 0.25) is 15.9 Å². The van der Waals surface area contributed by atoms with E-state index in [0.29, 0.717) is 24.1 Å². The van der Waals surface area contributed by atoms with Crippen LogP contribution in [0.1, 0.15) is 13.8 Å². The van der Waals surface area contributed by atoms with Crippen molar-refractivity contribution in [3.05, 3.63) is 34.7 Å². The number of rotatable bonds is 5. The van der Waals surface area contributed by atoms with Gasteiger partial charge in [-0.3, -0.25) is 9.36 Å². The van der Waals surface area contributed by atoms with E-state index in [1.54, 1.807) is 29.2 Å². The average Bonchev–Trinajstić information content (AvgIpc) is 2.94. The van der Waals surface area contributed by atoms with Crippen LogP contribution in [0.25, 0.3) is 11.0 Å². The third kappa shape index (κ3) is 3.28. The number of likely N-dealkylation sites (N-methyl/N-ethyl adjacent to an activating group) is 1. The summed E-state index contributed by atoms with van der Waals surface area (Å²) < 4.78 is 26.8. The minimum absolute atomic E-state index is 0.155. The van der Waals surface area contributed by atoms with Gasteiger partial charge in [0, 0.05) is 26.2 Å². The Balaban J connectivity index is 1.95. The summed E-state index contributed by atoms with van der Waals surface area (Å²) in [4.78, 5) is 29.4. The maximum atomic E-state index is 12.8. The highest BCUT2D eigenvalue weighted by Gasteiger charge is 2.25. The minimum Gasteiger partial charge on any atom is -0.339 e. The molecule has 0 spiro atoms. The Morgan fingerprint density at radius 2 is 1.65 bits per heavy atom. The first-order valence-corrected chi connectivity index (χ1v) is 10.4. The second kappa shape index (κ2) is 7.24. The number of hydrogen-bond donors (Lipinski definition) is 0. The Morgan fingerprint density at radius 3 is 2.23 bits per heavy atom. The Hall–Kier alpha value is -2.13. The lowest BCUT2D eigenvalue weighted by Gasteiger charge is -2.34. The van der Waals surface area contributed by atoms with Crippen molar-refractivity contribution in [1.29, 1.82) is 0 Å². The van der Waals surface area contributed by atoms with Crippen molar-refractivity contribution in [2.75, 3.05) is 38.5 Å². The predicted molar refractivity (Wildman–Crippen MR) is 99.8 cm³/mol. The molecule has 2 heterocycles. The van der Waals surface area contributed by atoms with E-state index in [9.17, 15) is 18.0 Å². The van der Waals surface area contributed by atoms with Crippen molar-refractivity contribution >= 4 is 27.0 Å². The number of imidazole rings is 1. The molecule has 0 aliphatic carbocycles. The Labute approximate surface area is 152 Å². The maximum absolute atomic E-state index is 12.8. The van der Waals surface area contributed by atoms with Crippen molar-refractivity contribution in [2.45, 2.75) is 20.4 Å². The van der Waals surface area contributed by atoms with E-state index in [0.717, 1.165) is 23.6 Å². The third-order valence-electron chi connectivity index (χ3n) is 4.90. The number of carbonyl (C=O) groups is 1. The first kappa shape index (κ1) is 18.7. The van der Waals surface area contributed by atoms with E-state index in [2.05, 4.69) is 11.8 Å². The zero-order valence-corrected chi connectivity index (χ0v) is 15.9. The van der Waals surface area contributed by atoms with Gasteiger partial charge in [0.15, 0.2) is 0 Å². The number of aromatic nitrogens is 2. The largest absolute Gasteiger partial charge is 0.343 e. The van der Waals surface area contributed by atoms with E-state index < -0.39 is 15.7 Å². The predicted octanol–water partition coefficient (Wildman–Crippen LogP) is 0.165. The molecule has 9 heteroatoms. The van der Waals surface area contributed by atoms with E-state index in [4.69, 9.17) is 0 Å². The molecule has 1 aliphatic heterocycles. The number of benzene rings is 1. The van der Waals surface area contributed by atoms with Gasteiger partial charge in [-0.2, -0.15) is 3.97 Å². The molecule has 0 saturated carbocycles. The number of hydrogen-bond acceptors (Lipinski definition) is 5. The molecule has 1 aliphatic rings. The molecule has 2 aromatic rings. The van der Waals surface area contributed by atoms with Gasteiger partial charge in [0.05, 0.1) is 16.8 Å². The molecule has 0 bridgehead atoms. The summed E-state index contributed by atoms with van der Waals surface area (Å²) in [6.45, 7) is 7.22. The lowest BCUT2D eigenvalue weighted by atomic mass is 10.3. The smallest absolute Gasteiger partial charge is 0.339 e. The fourth-order valence-corrected chi connectivity index (χ4v) is 4.33. The molecule has 0 unspecified atom stereocenters. The third-order valence-corrected chi connectivity index (χ3v) is 6.54. The molecule has 1 saturated heterocycles. The second-order valence-corrected chi connectivity index (χ2v) is 8.44. The van der Waals surface area contributed by atoms with Crippen LogP contribution >= 0.6 is 0 Å². The molecule has 0 N–H and O–H groups in total. The van der Waals surface area contributed by atoms with Crippen molar-refractivity contribution in [3.8, 4) is 0 Å². The lowest BCUT2D eigenvalue weighted by Crippen LogP contribution is -2.49. The molecule has 0 atom stereocenters. The normalized spacial score (nSPS) is 16.3. The van der Waals surface area contributed by atoms with Crippen molar-refractivity contribution in [2.24, 2.45) is 0 Å². The molecule has 142 valence electrons. The van der Waals surface area contributed by atoms with E-state index in [-0.39, 0.29) is 18.2 Å². The Kier molecular flexibility index (Phi) is 5.19. The quantitative estimate of drug-likeness (QED) is 0.738. The summed E-state index contributed by atoms with van der Waals surface area (Å²) >= 11 is 0. The highest BCUT2D eigenvalue weighted by Crippen LogP contribution is 2.15.